The maximum atomic E-state index is 12.3. The summed E-state index contributed by atoms with van der Waals surface area (Å²) in [5.74, 6) is 0.620. The Hall–Kier alpha value is -2.85. The SMILES string of the molecule is COc1ccccc1NC(=O)C[NH2+][C@@H](C)c1cccc2ccccc12. The van der Waals surface area contributed by atoms with Gasteiger partial charge in [0.05, 0.1) is 12.8 Å². The zero-order valence-corrected chi connectivity index (χ0v) is 14.5. The van der Waals surface area contributed by atoms with Gasteiger partial charge in [0.2, 0.25) is 0 Å². The first-order chi connectivity index (χ1) is 12.2. The molecule has 0 radical (unpaired) electrons. The van der Waals surface area contributed by atoms with Gasteiger partial charge in [-0.05, 0) is 29.8 Å². The van der Waals surface area contributed by atoms with E-state index in [2.05, 4.69) is 42.6 Å². The normalized spacial score (nSPS) is 11.9. The molecule has 1 amide bonds. The minimum absolute atomic E-state index is 0.0448. The lowest BCUT2D eigenvalue weighted by atomic mass is 10.00. The van der Waals surface area contributed by atoms with Crippen molar-refractivity contribution in [2.75, 3.05) is 19.0 Å². The smallest absolute Gasteiger partial charge is 0.279 e. The third-order valence-corrected chi connectivity index (χ3v) is 4.35. The summed E-state index contributed by atoms with van der Waals surface area (Å²) in [4.78, 5) is 12.3. The average Bonchev–Trinajstić information content (AvgIpc) is 2.66. The molecule has 0 aromatic heterocycles. The van der Waals surface area contributed by atoms with Crippen LogP contribution in [0.3, 0.4) is 0 Å². The lowest BCUT2D eigenvalue weighted by Gasteiger charge is -2.14. The summed E-state index contributed by atoms with van der Waals surface area (Å²) in [6.07, 6.45) is 0. The molecule has 0 saturated carbocycles. The summed E-state index contributed by atoms with van der Waals surface area (Å²) in [5.41, 5.74) is 1.93. The van der Waals surface area contributed by atoms with Crippen LogP contribution >= 0.6 is 0 Å². The van der Waals surface area contributed by atoms with Gasteiger partial charge in [-0.15, -0.1) is 0 Å². The largest absolute Gasteiger partial charge is 0.495 e. The van der Waals surface area contributed by atoms with Gasteiger partial charge in [0, 0.05) is 5.56 Å². The van der Waals surface area contributed by atoms with Crippen molar-refractivity contribution in [3.05, 3.63) is 72.3 Å². The van der Waals surface area contributed by atoms with Crippen LogP contribution in [0, 0.1) is 0 Å². The van der Waals surface area contributed by atoms with E-state index in [-0.39, 0.29) is 11.9 Å². The molecule has 0 aliphatic heterocycles. The van der Waals surface area contributed by atoms with E-state index in [0.29, 0.717) is 18.0 Å². The highest BCUT2D eigenvalue weighted by molar-refractivity contribution is 5.93. The highest BCUT2D eigenvalue weighted by Gasteiger charge is 2.15. The molecule has 0 aliphatic rings. The Balaban J connectivity index is 1.65. The predicted molar refractivity (Wildman–Crippen MR) is 101 cm³/mol. The van der Waals surface area contributed by atoms with Crippen LogP contribution in [-0.2, 0) is 4.79 Å². The van der Waals surface area contributed by atoms with Gasteiger partial charge in [0.15, 0.2) is 6.54 Å². The quantitative estimate of drug-likeness (QED) is 0.727. The summed E-state index contributed by atoms with van der Waals surface area (Å²) in [6.45, 7) is 2.47. The topological polar surface area (TPSA) is 54.9 Å². The van der Waals surface area contributed by atoms with Crippen molar-refractivity contribution in [2.45, 2.75) is 13.0 Å². The lowest BCUT2D eigenvalue weighted by Crippen LogP contribution is -2.86. The van der Waals surface area contributed by atoms with Crippen LogP contribution in [0.25, 0.3) is 10.8 Å². The fraction of sp³-hybridized carbons (Fsp3) is 0.190. The minimum atomic E-state index is -0.0448. The third-order valence-electron chi connectivity index (χ3n) is 4.35. The van der Waals surface area contributed by atoms with E-state index in [1.807, 2.05) is 41.7 Å². The summed E-state index contributed by atoms with van der Waals surface area (Å²) in [6, 6.07) is 22.2. The van der Waals surface area contributed by atoms with Gasteiger partial charge in [0.1, 0.15) is 11.8 Å². The zero-order chi connectivity index (χ0) is 17.6. The number of hydrogen-bond donors (Lipinski definition) is 2. The van der Waals surface area contributed by atoms with Crippen LogP contribution < -0.4 is 15.4 Å². The van der Waals surface area contributed by atoms with E-state index in [9.17, 15) is 4.79 Å². The number of methoxy groups -OCH3 is 1. The van der Waals surface area contributed by atoms with Gasteiger partial charge in [-0.2, -0.15) is 0 Å². The second-order valence-corrected chi connectivity index (χ2v) is 6.05. The van der Waals surface area contributed by atoms with Crippen molar-refractivity contribution < 1.29 is 14.8 Å². The maximum Gasteiger partial charge on any atom is 0.279 e. The predicted octanol–water partition coefficient (Wildman–Crippen LogP) is 3.11. The van der Waals surface area contributed by atoms with Crippen LogP contribution in [0.4, 0.5) is 5.69 Å². The van der Waals surface area contributed by atoms with Gasteiger partial charge >= 0.3 is 0 Å². The van der Waals surface area contributed by atoms with Gasteiger partial charge in [-0.3, -0.25) is 4.79 Å². The standard InChI is InChI=1S/C21H22N2O2/c1-15(17-11-7-9-16-8-3-4-10-18(16)17)22-14-21(24)23-19-12-5-6-13-20(19)25-2/h3-13,15,22H,14H2,1-2H3,(H,23,24)/p+1/t15-/m0/s1. The number of carbonyl (C=O) groups excluding carboxylic acids is 1. The highest BCUT2D eigenvalue weighted by atomic mass is 16.5. The summed E-state index contributed by atoms with van der Waals surface area (Å²) < 4.78 is 5.26. The lowest BCUT2D eigenvalue weighted by molar-refractivity contribution is -0.682. The Labute approximate surface area is 147 Å². The molecule has 4 nitrogen and oxygen atoms in total. The first kappa shape index (κ1) is 17.0. The van der Waals surface area contributed by atoms with Crippen molar-refractivity contribution in [3.8, 4) is 5.75 Å². The molecule has 25 heavy (non-hydrogen) atoms. The summed E-state index contributed by atoms with van der Waals surface area (Å²) >= 11 is 0. The third kappa shape index (κ3) is 3.98. The number of hydrogen-bond acceptors (Lipinski definition) is 2. The molecule has 0 heterocycles. The fourth-order valence-corrected chi connectivity index (χ4v) is 3.01. The van der Waals surface area contributed by atoms with E-state index >= 15 is 0 Å². The Kier molecular flexibility index (Phi) is 5.31. The first-order valence-electron chi connectivity index (χ1n) is 8.43. The van der Waals surface area contributed by atoms with Crippen LogP contribution in [0.1, 0.15) is 18.5 Å². The van der Waals surface area contributed by atoms with Crippen molar-refractivity contribution in [1.29, 1.82) is 0 Å². The van der Waals surface area contributed by atoms with E-state index < -0.39 is 0 Å². The van der Waals surface area contributed by atoms with E-state index in [1.165, 1.54) is 16.3 Å². The molecular weight excluding hydrogens is 312 g/mol. The first-order valence-corrected chi connectivity index (χ1v) is 8.43. The summed E-state index contributed by atoms with van der Waals surface area (Å²) in [5, 5.41) is 7.41. The number of benzene rings is 3. The minimum Gasteiger partial charge on any atom is -0.495 e. The number of ether oxygens (including phenoxy) is 1. The zero-order valence-electron chi connectivity index (χ0n) is 14.5. The molecule has 0 unspecified atom stereocenters. The Morgan fingerprint density at radius 1 is 1.04 bits per heavy atom. The Bertz CT molecular complexity index is 871. The number of amides is 1. The van der Waals surface area contributed by atoms with Crippen LogP contribution in [-0.4, -0.2) is 19.6 Å². The van der Waals surface area contributed by atoms with Gasteiger partial charge in [0.25, 0.3) is 5.91 Å². The number of fused-ring (bicyclic) bond motifs is 1. The number of rotatable bonds is 6. The molecule has 0 saturated heterocycles. The van der Waals surface area contributed by atoms with Gasteiger partial charge in [-0.25, -0.2) is 0 Å². The second-order valence-electron chi connectivity index (χ2n) is 6.05. The van der Waals surface area contributed by atoms with Crippen LogP contribution in [0.5, 0.6) is 5.75 Å². The number of para-hydroxylation sites is 2. The number of nitrogens with one attached hydrogen (secondary N) is 1. The van der Waals surface area contributed by atoms with Gasteiger partial charge in [-0.1, -0.05) is 54.6 Å². The van der Waals surface area contributed by atoms with E-state index in [4.69, 9.17) is 4.74 Å². The van der Waals surface area contributed by atoms with E-state index in [1.54, 1.807) is 7.11 Å². The molecular formula is C21H23N2O2+. The molecule has 3 N–H and O–H groups in total. The molecule has 0 spiro atoms. The average molecular weight is 335 g/mol. The van der Waals surface area contributed by atoms with Crippen molar-refractivity contribution >= 4 is 22.4 Å². The van der Waals surface area contributed by atoms with Crippen molar-refractivity contribution in [1.82, 2.24) is 0 Å². The monoisotopic (exact) mass is 335 g/mol. The van der Waals surface area contributed by atoms with E-state index in [0.717, 1.165) is 0 Å². The van der Waals surface area contributed by atoms with Crippen molar-refractivity contribution in [2.24, 2.45) is 0 Å². The number of quaternary nitrogens is 1. The Morgan fingerprint density at radius 2 is 1.76 bits per heavy atom. The molecule has 0 bridgehead atoms. The molecule has 0 aliphatic carbocycles. The molecule has 3 rings (SSSR count). The molecule has 3 aromatic rings. The number of anilines is 1. The Morgan fingerprint density at radius 3 is 2.60 bits per heavy atom. The van der Waals surface area contributed by atoms with Crippen molar-refractivity contribution in [3.63, 3.8) is 0 Å². The summed E-state index contributed by atoms with van der Waals surface area (Å²) in [7, 11) is 1.60. The van der Waals surface area contributed by atoms with Crippen LogP contribution in [0.15, 0.2) is 66.7 Å². The molecule has 1 atom stereocenters. The second kappa shape index (κ2) is 7.81. The maximum absolute atomic E-state index is 12.3. The molecule has 0 fully saturated rings. The van der Waals surface area contributed by atoms with Gasteiger partial charge < -0.3 is 15.4 Å². The molecule has 4 heteroatoms. The highest BCUT2D eigenvalue weighted by Crippen LogP contribution is 2.23. The number of nitrogens with two attached hydrogens (primary N) is 1. The molecule has 128 valence electrons. The number of carbonyl (C=O) groups is 1. The van der Waals surface area contributed by atoms with Crippen LogP contribution in [0.2, 0.25) is 0 Å². The fourth-order valence-electron chi connectivity index (χ4n) is 3.01. The molecule has 3 aromatic carbocycles.